The smallest absolute Gasteiger partial charge is 0.294 e. The number of hydrogen-bond donors (Lipinski definition) is 2. The van der Waals surface area contributed by atoms with E-state index < -0.39 is 11.3 Å². The summed E-state index contributed by atoms with van der Waals surface area (Å²) in [6.07, 6.45) is 6.11. The molecule has 5 nitrogen and oxygen atoms in total. The third kappa shape index (κ3) is 4.89. The molecule has 0 amide bonds. The first-order valence-electron chi connectivity index (χ1n) is 8.27. The van der Waals surface area contributed by atoms with Gasteiger partial charge in [-0.2, -0.15) is 0 Å². The molecule has 2 N–H and O–H groups in total. The first kappa shape index (κ1) is 18.6. The van der Waals surface area contributed by atoms with Crippen LogP contribution in [-0.2, 0) is 0 Å². The van der Waals surface area contributed by atoms with E-state index in [9.17, 15) is 9.90 Å². The molecule has 5 heteroatoms. The summed E-state index contributed by atoms with van der Waals surface area (Å²) in [5, 5.41) is 10.7. The van der Waals surface area contributed by atoms with Crippen molar-refractivity contribution in [3.63, 3.8) is 0 Å². The average Bonchev–Trinajstić information content (AvgIpc) is 2.57. The summed E-state index contributed by atoms with van der Waals surface area (Å²) in [6, 6.07) is 5.21. The fourth-order valence-corrected chi connectivity index (χ4v) is 2.47. The van der Waals surface area contributed by atoms with Gasteiger partial charge in [0.2, 0.25) is 5.75 Å². The van der Waals surface area contributed by atoms with Crippen molar-refractivity contribution in [2.45, 2.75) is 33.6 Å². The minimum absolute atomic E-state index is 0.190. The molecule has 25 heavy (non-hydrogen) atoms. The molecule has 0 aliphatic carbocycles. The van der Waals surface area contributed by atoms with Crippen molar-refractivity contribution in [1.82, 2.24) is 4.98 Å². The van der Waals surface area contributed by atoms with Gasteiger partial charge < -0.3 is 19.6 Å². The van der Waals surface area contributed by atoms with Crippen molar-refractivity contribution < 1.29 is 14.6 Å². The molecule has 0 aliphatic heterocycles. The molecule has 1 aromatic heterocycles. The van der Waals surface area contributed by atoms with Gasteiger partial charge in [-0.3, -0.25) is 4.79 Å². The predicted molar refractivity (Wildman–Crippen MR) is 101 cm³/mol. The van der Waals surface area contributed by atoms with E-state index in [2.05, 4.69) is 24.9 Å². The van der Waals surface area contributed by atoms with Gasteiger partial charge in [0.15, 0.2) is 5.75 Å². The van der Waals surface area contributed by atoms with E-state index in [0.717, 1.165) is 12.8 Å². The molecule has 0 unspecified atom stereocenters. The summed E-state index contributed by atoms with van der Waals surface area (Å²) in [7, 11) is 1.56. The lowest BCUT2D eigenvalue weighted by atomic mass is 10.1. The zero-order chi connectivity index (χ0) is 18.4. The van der Waals surface area contributed by atoms with Gasteiger partial charge in [0, 0.05) is 11.5 Å². The number of aromatic amines is 1. The van der Waals surface area contributed by atoms with Crippen LogP contribution < -0.4 is 15.0 Å². The van der Waals surface area contributed by atoms with Gasteiger partial charge in [-0.05, 0) is 51.8 Å². The number of pyridine rings is 1. The van der Waals surface area contributed by atoms with Gasteiger partial charge in [0.1, 0.15) is 12.4 Å². The Bertz CT molecular complexity index is 858. The van der Waals surface area contributed by atoms with Crippen LogP contribution in [0.3, 0.4) is 0 Å². The molecule has 0 atom stereocenters. The van der Waals surface area contributed by atoms with Gasteiger partial charge in [0.05, 0.1) is 12.6 Å². The van der Waals surface area contributed by atoms with Crippen molar-refractivity contribution in [2.24, 2.45) is 0 Å². The number of benzene rings is 1. The number of fused-ring (bicyclic) bond motifs is 1. The van der Waals surface area contributed by atoms with Crippen LogP contribution in [0.25, 0.3) is 10.9 Å². The number of ether oxygens (including phenoxy) is 2. The molecular weight excluding hydrogens is 318 g/mol. The van der Waals surface area contributed by atoms with Crippen LogP contribution in [0.5, 0.6) is 17.2 Å². The molecular formula is C20H25NO4. The van der Waals surface area contributed by atoms with Crippen LogP contribution in [0.1, 0.15) is 33.6 Å². The average molecular weight is 343 g/mol. The molecule has 0 saturated heterocycles. The molecule has 0 radical (unpaired) electrons. The Morgan fingerprint density at radius 2 is 2.00 bits per heavy atom. The van der Waals surface area contributed by atoms with E-state index in [0.29, 0.717) is 23.3 Å². The summed E-state index contributed by atoms with van der Waals surface area (Å²) in [6.45, 7) is 6.50. The lowest BCUT2D eigenvalue weighted by Gasteiger charge is -2.10. The molecule has 1 aromatic carbocycles. The fourth-order valence-electron chi connectivity index (χ4n) is 2.47. The lowest BCUT2D eigenvalue weighted by Crippen LogP contribution is -2.08. The van der Waals surface area contributed by atoms with Crippen molar-refractivity contribution in [2.75, 3.05) is 13.7 Å². The highest BCUT2D eigenvalue weighted by molar-refractivity contribution is 5.88. The standard InChI is InChI=1S/C20H25NO4/c1-13(2)6-5-7-14(3)10-11-25-19-16-9-8-15(24-4)12-17(16)21-20(23)18(19)22/h6,8-10,12,22H,5,7,11H2,1-4H3,(H,21,23)/b14-10+. The predicted octanol–water partition coefficient (Wildman–Crippen LogP) is 4.31. The summed E-state index contributed by atoms with van der Waals surface area (Å²) in [5.41, 5.74) is 2.48. The quantitative estimate of drug-likeness (QED) is 0.735. The largest absolute Gasteiger partial charge is 0.500 e. The Morgan fingerprint density at radius 3 is 2.68 bits per heavy atom. The summed E-state index contributed by atoms with van der Waals surface area (Å²) in [4.78, 5) is 14.5. The number of hydrogen-bond acceptors (Lipinski definition) is 4. The zero-order valence-corrected chi connectivity index (χ0v) is 15.2. The van der Waals surface area contributed by atoms with E-state index in [1.54, 1.807) is 25.3 Å². The molecule has 0 saturated carbocycles. The van der Waals surface area contributed by atoms with E-state index in [-0.39, 0.29) is 5.75 Å². The lowest BCUT2D eigenvalue weighted by molar-refractivity contribution is 0.337. The highest BCUT2D eigenvalue weighted by Crippen LogP contribution is 2.32. The Labute approximate surface area is 147 Å². The second kappa shape index (κ2) is 8.42. The van der Waals surface area contributed by atoms with E-state index in [1.165, 1.54) is 11.1 Å². The Kier molecular flexibility index (Phi) is 6.28. The maximum Gasteiger partial charge on any atom is 0.294 e. The maximum absolute atomic E-state index is 11.9. The summed E-state index contributed by atoms with van der Waals surface area (Å²) >= 11 is 0. The second-order valence-corrected chi connectivity index (χ2v) is 6.22. The minimum atomic E-state index is -0.583. The first-order valence-corrected chi connectivity index (χ1v) is 8.27. The van der Waals surface area contributed by atoms with Crippen molar-refractivity contribution in [3.05, 3.63) is 51.9 Å². The van der Waals surface area contributed by atoms with Crippen molar-refractivity contribution in [3.8, 4) is 17.2 Å². The third-order valence-electron chi connectivity index (χ3n) is 3.90. The number of allylic oxidation sites excluding steroid dienone is 3. The molecule has 134 valence electrons. The van der Waals surface area contributed by atoms with Gasteiger partial charge in [-0.1, -0.05) is 17.2 Å². The van der Waals surface area contributed by atoms with Gasteiger partial charge in [-0.15, -0.1) is 0 Å². The number of methoxy groups -OCH3 is 1. The van der Waals surface area contributed by atoms with E-state index in [4.69, 9.17) is 9.47 Å². The van der Waals surface area contributed by atoms with Crippen LogP contribution in [0.4, 0.5) is 0 Å². The number of H-pyrrole nitrogens is 1. The van der Waals surface area contributed by atoms with Crippen LogP contribution in [0.15, 0.2) is 46.3 Å². The molecule has 2 rings (SSSR count). The highest BCUT2D eigenvalue weighted by atomic mass is 16.5. The minimum Gasteiger partial charge on any atom is -0.500 e. The van der Waals surface area contributed by atoms with Gasteiger partial charge in [-0.25, -0.2) is 0 Å². The normalized spacial score (nSPS) is 11.4. The molecule has 2 aromatic rings. The first-order chi connectivity index (χ1) is 11.9. The topological polar surface area (TPSA) is 71.5 Å². The van der Waals surface area contributed by atoms with E-state index in [1.807, 2.05) is 13.0 Å². The monoisotopic (exact) mass is 343 g/mol. The third-order valence-corrected chi connectivity index (χ3v) is 3.90. The molecule has 0 bridgehead atoms. The molecule has 0 spiro atoms. The molecule has 1 heterocycles. The second-order valence-electron chi connectivity index (χ2n) is 6.22. The van der Waals surface area contributed by atoms with Crippen molar-refractivity contribution >= 4 is 10.9 Å². The number of aromatic nitrogens is 1. The molecule has 0 fully saturated rings. The van der Waals surface area contributed by atoms with Crippen LogP contribution in [0, 0.1) is 0 Å². The fraction of sp³-hybridized carbons (Fsp3) is 0.350. The van der Waals surface area contributed by atoms with Gasteiger partial charge >= 0.3 is 0 Å². The van der Waals surface area contributed by atoms with Gasteiger partial charge in [0.25, 0.3) is 5.56 Å². The van der Waals surface area contributed by atoms with Crippen molar-refractivity contribution in [1.29, 1.82) is 0 Å². The zero-order valence-electron chi connectivity index (χ0n) is 15.2. The Hall–Kier alpha value is -2.69. The summed E-state index contributed by atoms with van der Waals surface area (Å²) < 4.78 is 10.9. The Balaban J connectivity index is 2.19. The number of nitrogens with one attached hydrogen (secondary N) is 1. The van der Waals surface area contributed by atoms with Crippen LogP contribution >= 0.6 is 0 Å². The van der Waals surface area contributed by atoms with Crippen LogP contribution in [0.2, 0.25) is 0 Å². The highest BCUT2D eigenvalue weighted by Gasteiger charge is 2.13. The summed E-state index contributed by atoms with van der Waals surface area (Å²) in [5.74, 6) is 0.401. The SMILES string of the molecule is COc1ccc2c(OC/C=C(\C)CCC=C(C)C)c(O)c(=O)[nH]c2c1. The maximum atomic E-state index is 11.9. The van der Waals surface area contributed by atoms with Crippen LogP contribution in [-0.4, -0.2) is 23.8 Å². The Morgan fingerprint density at radius 1 is 1.24 bits per heavy atom. The number of rotatable bonds is 7. The van der Waals surface area contributed by atoms with E-state index >= 15 is 0 Å². The molecule has 0 aliphatic rings. The number of aromatic hydroxyl groups is 1.